The van der Waals surface area contributed by atoms with Crippen molar-refractivity contribution in [1.82, 2.24) is 14.7 Å². The molecule has 3 fully saturated rings. The molecular formula is C21H29N3O. The summed E-state index contributed by atoms with van der Waals surface area (Å²) in [5, 5.41) is 0. The number of likely N-dealkylation sites (tertiary alicyclic amines) is 1. The van der Waals surface area contributed by atoms with Crippen molar-refractivity contribution in [2.75, 3.05) is 33.2 Å². The number of amides is 2. The van der Waals surface area contributed by atoms with Crippen molar-refractivity contribution in [3.05, 3.63) is 41.0 Å². The van der Waals surface area contributed by atoms with Gasteiger partial charge in [-0.3, -0.25) is 4.90 Å². The fourth-order valence-electron chi connectivity index (χ4n) is 4.10. The molecule has 0 aromatic heterocycles. The van der Waals surface area contributed by atoms with Crippen molar-refractivity contribution in [2.24, 2.45) is 0 Å². The van der Waals surface area contributed by atoms with Crippen LogP contribution in [-0.4, -0.2) is 60.0 Å². The van der Waals surface area contributed by atoms with Crippen molar-refractivity contribution in [1.29, 1.82) is 0 Å². The smallest absolute Gasteiger partial charge is 0.320 e. The Balaban J connectivity index is 1.32. The quantitative estimate of drug-likeness (QED) is 0.838. The molecule has 1 aromatic rings. The first-order chi connectivity index (χ1) is 12.2. The Morgan fingerprint density at radius 2 is 1.76 bits per heavy atom. The van der Waals surface area contributed by atoms with Crippen LogP contribution in [0.4, 0.5) is 4.79 Å². The highest BCUT2D eigenvalue weighted by Gasteiger charge is 2.27. The lowest BCUT2D eigenvalue weighted by Crippen LogP contribution is -2.43. The van der Waals surface area contributed by atoms with E-state index in [-0.39, 0.29) is 6.03 Å². The van der Waals surface area contributed by atoms with E-state index in [1.54, 1.807) is 10.5 Å². The number of urea groups is 1. The van der Waals surface area contributed by atoms with Crippen LogP contribution in [0.1, 0.15) is 43.2 Å². The minimum Gasteiger partial charge on any atom is -0.326 e. The number of likely N-dealkylation sites (N-methyl/N-ethyl adjacent to an activating group) is 1. The molecule has 4 rings (SSSR count). The van der Waals surface area contributed by atoms with Crippen LogP contribution in [0.2, 0.25) is 0 Å². The summed E-state index contributed by atoms with van der Waals surface area (Å²) in [4.78, 5) is 18.4. The van der Waals surface area contributed by atoms with Gasteiger partial charge in [0.1, 0.15) is 0 Å². The predicted octanol–water partition coefficient (Wildman–Crippen LogP) is 3.59. The van der Waals surface area contributed by atoms with E-state index in [0.29, 0.717) is 0 Å². The molecule has 0 bridgehead atoms. The van der Waals surface area contributed by atoms with Gasteiger partial charge in [-0.05, 0) is 36.8 Å². The topological polar surface area (TPSA) is 26.8 Å². The van der Waals surface area contributed by atoms with E-state index < -0.39 is 0 Å². The molecule has 0 atom stereocenters. The van der Waals surface area contributed by atoms with E-state index in [1.165, 1.54) is 56.3 Å². The van der Waals surface area contributed by atoms with Crippen LogP contribution in [0.3, 0.4) is 0 Å². The molecule has 134 valence electrons. The van der Waals surface area contributed by atoms with Gasteiger partial charge in [0.2, 0.25) is 0 Å². The third-order valence-electron chi connectivity index (χ3n) is 6.06. The second kappa shape index (κ2) is 7.20. The number of piperidine rings is 1. The zero-order chi connectivity index (χ0) is 17.2. The molecule has 2 amide bonds. The Kier molecular flexibility index (Phi) is 4.80. The third-order valence-corrected chi connectivity index (χ3v) is 6.06. The molecule has 4 nitrogen and oxygen atoms in total. The molecule has 4 heteroatoms. The van der Waals surface area contributed by atoms with Crippen LogP contribution < -0.4 is 0 Å². The number of carbonyl (C=O) groups excluding carboxylic acids is 1. The third kappa shape index (κ3) is 3.74. The van der Waals surface area contributed by atoms with Crippen LogP contribution in [0.15, 0.2) is 29.8 Å². The van der Waals surface area contributed by atoms with Gasteiger partial charge < -0.3 is 9.80 Å². The second-order valence-electron chi connectivity index (χ2n) is 7.79. The van der Waals surface area contributed by atoms with Gasteiger partial charge in [-0.25, -0.2) is 4.79 Å². The van der Waals surface area contributed by atoms with E-state index >= 15 is 0 Å². The number of benzene rings is 1. The lowest BCUT2D eigenvalue weighted by atomic mass is 9.89. The highest BCUT2D eigenvalue weighted by molar-refractivity contribution is 5.76. The van der Waals surface area contributed by atoms with Gasteiger partial charge in [-0.1, -0.05) is 42.3 Å². The molecule has 0 spiro atoms. The zero-order valence-electron chi connectivity index (χ0n) is 15.3. The number of carbonyl (C=O) groups is 1. The maximum absolute atomic E-state index is 12.0. The SMILES string of the molecule is CN1CCN(Cc2ccc(C=C3CCN(C4CCC4)CC3)cc2)C1=O. The largest absolute Gasteiger partial charge is 0.326 e. The zero-order valence-corrected chi connectivity index (χ0v) is 15.3. The van der Waals surface area contributed by atoms with E-state index in [0.717, 1.165) is 25.7 Å². The van der Waals surface area contributed by atoms with Gasteiger partial charge in [0.05, 0.1) is 0 Å². The van der Waals surface area contributed by atoms with Crippen molar-refractivity contribution < 1.29 is 4.79 Å². The molecule has 1 aliphatic carbocycles. The second-order valence-corrected chi connectivity index (χ2v) is 7.79. The van der Waals surface area contributed by atoms with Crippen molar-refractivity contribution >= 4 is 12.1 Å². The van der Waals surface area contributed by atoms with Crippen LogP contribution in [0.25, 0.3) is 6.08 Å². The standard InChI is InChI=1S/C21H29N3O/c1-22-13-14-24(21(22)25)16-19-7-5-17(6-8-19)15-18-9-11-23(12-10-18)20-3-2-4-20/h5-8,15,20H,2-4,9-14,16H2,1H3. The normalized spacial score (nSPS) is 22.4. The van der Waals surface area contributed by atoms with Gasteiger partial charge >= 0.3 is 6.03 Å². The molecule has 2 aliphatic heterocycles. The maximum Gasteiger partial charge on any atom is 0.320 e. The van der Waals surface area contributed by atoms with Crippen molar-refractivity contribution in [3.8, 4) is 0 Å². The van der Waals surface area contributed by atoms with E-state index in [1.807, 2.05) is 11.9 Å². The van der Waals surface area contributed by atoms with Gasteiger partial charge in [0.25, 0.3) is 0 Å². The van der Waals surface area contributed by atoms with Crippen molar-refractivity contribution in [2.45, 2.75) is 44.7 Å². The van der Waals surface area contributed by atoms with Gasteiger partial charge in [0.15, 0.2) is 0 Å². The number of nitrogens with zero attached hydrogens (tertiary/aromatic N) is 3. The van der Waals surface area contributed by atoms with E-state index in [2.05, 4.69) is 35.2 Å². The monoisotopic (exact) mass is 339 g/mol. The van der Waals surface area contributed by atoms with Gasteiger partial charge in [-0.2, -0.15) is 0 Å². The molecule has 0 radical (unpaired) electrons. The first-order valence-electron chi connectivity index (χ1n) is 9.71. The molecule has 1 aromatic carbocycles. The summed E-state index contributed by atoms with van der Waals surface area (Å²) < 4.78 is 0. The summed E-state index contributed by atoms with van der Waals surface area (Å²) in [6.45, 7) is 4.86. The maximum atomic E-state index is 12.0. The van der Waals surface area contributed by atoms with Gasteiger partial charge in [-0.15, -0.1) is 0 Å². The minimum absolute atomic E-state index is 0.143. The molecule has 25 heavy (non-hydrogen) atoms. The fraction of sp³-hybridized carbons (Fsp3) is 0.571. The van der Waals surface area contributed by atoms with Crippen LogP contribution in [0.5, 0.6) is 0 Å². The first kappa shape index (κ1) is 16.6. The summed E-state index contributed by atoms with van der Waals surface area (Å²) in [6, 6.07) is 9.76. The molecule has 1 saturated carbocycles. The molecule has 2 heterocycles. The Morgan fingerprint density at radius 1 is 1.04 bits per heavy atom. The van der Waals surface area contributed by atoms with Crippen LogP contribution >= 0.6 is 0 Å². The lowest BCUT2D eigenvalue weighted by Gasteiger charge is -2.40. The van der Waals surface area contributed by atoms with E-state index in [9.17, 15) is 4.79 Å². The Bertz CT molecular complexity index is 638. The highest BCUT2D eigenvalue weighted by atomic mass is 16.2. The summed E-state index contributed by atoms with van der Waals surface area (Å²) in [7, 11) is 1.87. The Hall–Kier alpha value is -1.81. The predicted molar refractivity (Wildman–Crippen MR) is 101 cm³/mol. The van der Waals surface area contributed by atoms with Crippen LogP contribution in [-0.2, 0) is 6.54 Å². The molecule has 0 unspecified atom stereocenters. The number of hydrogen-bond donors (Lipinski definition) is 0. The average Bonchev–Trinajstić information content (AvgIpc) is 2.89. The van der Waals surface area contributed by atoms with Crippen LogP contribution in [0, 0.1) is 0 Å². The summed E-state index contributed by atoms with van der Waals surface area (Å²) >= 11 is 0. The van der Waals surface area contributed by atoms with Crippen molar-refractivity contribution in [3.63, 3.8) is 0 Å². The van der Waals surface area contributed by atoms with E-state index in [4.69, 9.17) is 0 Å². The first-order valence-corrected chi connectivity index (χ1v) is 9.71. The Labute approximate surface area is 151 Å². The van der Waals surface area contributed by atoms with Gasteiger partial charge in [0, 0.05) is 45.8 Å². The minimum atomic E-state index is 0.143. The molecule has 2 saturated heterocycles. The lowest BCUT2D eigenvalue weighted by molar-refractivity contribution is 0.118. The highest BCUT2D eigenvalue weighted by Crippen LogP contribution is 2.29. The summed E-state index contributed by atoms with van der Waals surface area (Å²) in [5.41, 5.74) is 4.09. The molecule has 0 N–H and O–H groups in total. The number of hydrogen-bond acceptors (Lipinski definition) is 2. The molecular weight excluding hydrogens is 310 g/mol. The number of rotatable bonds is 4. The fourth-order valence-corrected chi connectivity index (χ4v) is 4.10. The molecule has 3 aliphatic rings. The Morgan fingerprint density at radius 3 is 2.32 bits per heavy atom. The summed E-state index contributed by atoms with van der Waals surface area (Å²) in [6.07, 6.45) is 9.05. The average molecular weight is 339 g/mol. The summed E-state index contributed by atoms with van der Waals surface area (Å²) in [5.74, 6) is 0.